The first-order chi connectivity index (χ1) is 12.1. The fraction of sp³-hybridized carbons (Fsp3) is 0.0500. The average molecular weight is 431 g/mol. The molecule has 5 heteroatoms. The summed E-state index contributed by atoms with van der Waals surface area (Å²) in [5, 5.41) is 3.25. The van der Waals surface area contributed by atoms with Crippen LogP contribution in [0.5, 0.6) is 5.75 Å². The zero-order chi connectivity index (χ0) is 17.9. The minimum atomic E-state index is -2.22. The third-order valence-corrected chi connectivity index (χ3v) is 9.52. The van der Waals surface area contributed by atoms with E-state index in [-0.39, 0.29) is 0 Å². The molecule has 25 heavy (non-hydrogen) atoms. The Bertz CT molecular complexity index is 919. The summed E-state index contributed by atoms with van der Waals surface area (Å²) in [6.07, 6.45) is 0.848. The Kier molecular flexibility index (Phi) is 5.53. The largest absolute Gasteiger partial charge is 0.497 e. The van der Waals surface area contributed by atoms with E-state index in [2.05, 4.69) is 28.1 Å². The minimum Gasteiger partial charge on any atom is -0.497 e. The highest BCUT2D eigenvalue weighted by molar-refractivity contribution is 9.10. The summed E-state index contributed by atoms with van der Waals surface area (Å²) in [5.74, 6) is 0.803. The zero-order valence-corrected chi connectivity index (χ0v) is 16.9. The van der Waals surface area contributed by atoms with Crippen molar-refractivity contribution in [2.75, 3.05) is 7.11 Å². The molecule has 0 fully saturated rings. The van der Waals surface area contributed by atoms with Crippen molar-refractivity contribution < 1.29 is 9.53 Å². The molecular formula is C20H16BrO2PS. The lowest BCUT2D eigenvalue weighted by Crippen LogP contribution is -2.24. The van der Waals surface area contributed by atoms with Crippen molar-refractivity contribution in [2.45, 2.75) is 0 Å². The van der Waals surface area contributed by atoms with Gasteiger partial charge in [0.25, 0.3) is 0 Å². The van der Waals surface area contributed by atoms with Crippen LogP contribution < -0.4 is 20.7 Å². The number of halogens is 1. The molecule has 0 radical (unpaired) electrons. The van der Waals surface area contributed by atoms with Crippen LogP contribution in [0.1, 0.15) is 10.4 Å². The van der Waals surface area contributed by atoms with Crippen LogP contribution in [0, 0.1) is 0 Å². The molecule has 0 aromatic heterocycles. The zero-order valence-electron chi connectivity index (χ0n) is 13.6. The summed E-state index contributed by atoms with van der Waals surface area (Å²) in [5.41, 5.74) is 0.649. The summed E-state index contributed by atoms with van der Waals surface area (Å²) < 4.78 is 6.29. The van der Waals surface area contributed by atoms with Crippen LogP contribution in [0.4, 0.5) is 0 Å². The van der Waals surface area contributed by atoms with E-state index in [4.69, 9.17) is 16.5 Å². The molecule has 0 bridgehead atoms. The highest BCUT2D eigenvalue weighted by Gasteiger charge is 2.25. The van der Waals surface area contributed by atoms with Gasteiger partial charge in [-0.05, 0) is 52.3 Å². The van der Waals surface area contributed by atoms with Gasteiger partial charge in [-0.3, -0.25) is 4.79 Å². The quantitative estimate of drug-likeness (QED) is 0.451. The predicted octanol–water partition coefficient (Wildman–Crippen LogP) is 4.03. The second-order valence-electron chi connectivity index (χ2n) is 5.49. The maximum absolute atomic E-state index is 11.0. The van der Waals surface area contributed by atoms with Crippen molar-refractivity contribution in [1.29, 1.82) is 0 Å². The van der Waals surface area contributed by atoms with E-state index in [0.717, 1.165) is 32.4 Å². The second-order valence-corrected chi connectivity index (χ2v) is 10.8. The first-order valence-corrected chi connectivity index (χ1v) is 11.2. The van der Waals surface area contributed by atoms with Crippen molar-refractivity contribution in [2.24, 2.45) is 0 Å². The van der Waals surface area contributed by atoms with Crippen molar-refractivity contribution >= 4 is 56.0 Å². The topological polar surface area (TPSA) is 26.3 Å². The Labute approximate surface area is 161 Å². The lowest BCUT2D eigenvalue weighted by atomic mass is 10.2. The Morgan fingerprint density at radius 3 is 1.72 bits per heavy atom. The minimum absolute atomic E-state index is 0.649. The SMILES string of the molecule is COc1ccc(P(=S)(c2ccc(Br)cc2)c2ccc(C=O)cc2)cc1. The average Bonchev–Trinajstić information content (AvgIpc) is 2.68. The maximum Gasteiger partial charge on any atom is 0.150 e. The molecule has 1 atom stereocenters. The van der Waals surface area contributed by atoms with Gasteiger partial charge in [0.2, 0.25) is 0 Å². The van der Waals surface area contributed by atoms with Gasteiger partial charge in [0, 0.05) is 16.1 Å². The molecule has 0 aliphatic heterocycles. The number of methoxy groups -OCH3 is 1. The predicted molar refractivity (Wildman–Crippen MR) is 112 cm³/mol. The third kappa shape index (κ3) is 3.62. The van der Waals surface area contributed by atoms with Crippen LogP contribution in [0.2, 0.25) is 0 Å². The molecule has 2 nitrogen and oxygen atoms in total. The molecule has 1 unspecified atom stereocenters. The molecule has 3 rings (SSSR count). The number of ether oxygens (including phenoxy) is 1. The summed E-state index contributed by atoms with van der Waals surface area (Å²) >= 11 is 9.76. The highest BCUT2D eigenvalue weighted by atomic mass is 79.9. The standard InChI is InChI=1S/C20H16BrO2PS/c1-23-17-6-12-20(13-7-17)24(25,19-10-4-16(21)5-11-19)18-8-2-15(14-22)3-9-18/h2-14H,1H3. The number of rotatable bonds is 5. The van der Waals surface area contributed by atoms with Crippen molar-refractivity contribution in [3.63, 3.8) is 0 Å². The second kappa shape index (κ2) is 7.65. The fourth-order valence-electron chi connectivity index (χ4n) is 2.65. The number of benzene rings is 3. The Morgan fingerprint density at radius 1 is 0.840 bits per heavy atom. The van der Waals surface area contributed by atoms with E-state index < -0.39 is 6.04 Å². The molecule has 0 aliphatic carbocycles. The van der Waals surface area contributed by atoms with Gasteiger partial charge in [-0.15, -0.1) is 0 Å². The third-order valence-electron chi connectivity index (χ3n) is 4.02. The van der Waals surface area contributed by atoms with Crippen molar-refractivity contribution in [1.82, 2.24) is 0 Å². The molecule has 0 saturated carbocycles. The molecule has 0 heterocycles. The van der Waals surface area contributed by atoms with E-state index in [0.29, 0.717) is 5.56 Å². The Balaban J connectivity index is 2.20. The number of carbonyl (C=O) groups is 1. The monoisotopic (exact) mass is 430 g/mol. The van der Waals surface area contributed by atoms with Crippen LogP contribution in [0.25, 0.3) is 0 Å². The Morgan fingerprint density at radius 2 is 1.28 bits per heavy atom. The molecule has 0 N–H and O–H groups in total. The summed E-state index contributed by atoms with van der Waals surface area (Å²) in [6.45, 7) is 0. The number of aldehydes is 1. The maximum atomic E-state index is 11.0. The molecule has 0 saturated heterocycles. The van der Waals surface area contributed by atoms with Crippen LogP contribution in [0.3, 0.4) is 0 Å². The van der Waals surface area contributed by atoms with Gasteiger partial charge in [0.15, 0.2) is 0 Å². The van der Waals surface area contributed by atoms with Crippen molar-refractivity contribution in [3.8, 4) is 5.75 Å². The van der Waals surface area contributed by atoms with E-state index in [1.165, 1.54) is 0 Å². The van der Waals surface area contributed by atoms with E-state index in [9.17, 15) is 4.79 Å². The van der Waals surface area contributed by atoms with Gasteiger partial charge in [-0.25, -0.2) is 0 Å². The van der Waals surface area contributed by atoms with E-state index in [1.54, 1.807) is 7.11 Å². The number of hydrogen-bond acceptors (Lipinski definition) is 3. The number of hydrogen-bond donors (Lipinski definition) is 0. The molecule has 0 aliphatic rings. The van der Waals surface area contributed by atoms with Gasteiger partial charge in [0.05, 0.1) is 7.11 Å². The first-order valence-electron chi connectivity index (χ1n) is 7.64. The van der Waals surface area contributed by atoms with Gasteiger partial charge < -0.3 is 4.74 Å². The first kappa shape index (κ1) is 18.1. The molecular weight excluding hydrogens is 415 g/mol. The fourth-order valence-corrected chi connectivity index (χ4v) is 6.61. The molecule has 3 aromatic carbocycles. The van der Waals surface area contributed by atoms with Crippen LogP contribution in [0.15, 0.2) is 77.3 Å². The summed E-state index contributed by atoms with van der Waals surface area (Å²) in [6, 6.07) is 21.5. The highest BCUT2D eigenvalue weighted by Crippen LogP contribution is 2.43. The number of carbonyl (C=O) groups excluding carboxylic acids is 1. The summed E-state index contributed by atoms with van der Waals surface area (Å²) in [7, 11) is 1.65. The normalized spacial score (nSPS) is 13.0. The molecule has 3 aromatic rings. The van der Waals surface area contributed by atoms with Crippen LogP contribution >= 0.6 is 22.0 Å². The van der Waals surface area contributed by atoms with Crippen molar-refractivity contribution in [3.05, 3.63) is 82.8 Å². The van der Waals surface area contributed by atoms with Gasteiger partial charge in [0.1, 0.15) is 12.0 Å². The van der Waals surface area contributed by atoms with E-state index in [1.807, 2.05) is 60.7 Å². The smallest absolute Gasteiger partial charge is 0.150 e. The lowest BCUT2D eigenvalue weighted by Gasteiger charge is -2.24. The lowest BCUT2D eigenvalue weighted by molar-refractivity contribution is 0.112. The molecule has 0 spiro atoms. The van der Waals surface area contributed by atoms with Gasteiger partial charge in [-0.1, -0.05) is 64.1 Å². The van der Waals surface area contributed by atoms with Gasteiger partial charge >= 0.3 is 0 Å². The van der Waals surface area contributed by atoms with Gasteiger partial charge in [-0.2, -0.15) is 0 Å². The van der Waals surface area contributed by atoms with Crippen LogP contribution in [-0.4, -0.2) is 13.4 Å². The molecule has 0 amide bonds. The summed E-state index contributed by atoms with van der Waals surface area (Å²) in [4.78, 5) is 11.0. The Hall–Kier alpha value is -1.74. The van der Waals surface area contributed by atoms with Crippen LogP contribution in [-0.2, 0) is 11.8 Å². The molecule has 126 valence electrons. The van der Waals surface area contributed by atoms with E-state index >= 15 is 0 Å².